The van der Waals surface area contributed by atoms with Crippen molar-refractivity contribution in [1.82, 2.24) is 0 Å². The molecule has 0 aliphatic heterocycles. The van der Waals surface area contributed by atoms with Crippen LogP contribution < -0.4 is 10.4 Å². The quantitative estimate of drug-likeness (QED) is 0.422. The van der Waals surface area contributed by atoms with E-state index in [1.54, 1.807) is 0 Å². The number of hydrogen-bond donors (Lipinski definition) is 0. The van der Waals surface area contributed by atoms with Gasteiger partial charge in [0, 0.05) is 19.7 Å². The molecule has 0 saturated carbocycles. The SMILES string of the molecule is [B]c1ccc(C#C)c(N(C)C)c1. The normalized spacial score (nSPS) is 9.08. The Morgan fingerprint density at radius 1 is 1.42 bits per heavy atom. The summed E-state index contributed by atoms with van der Waals surface area (Å²) in [7, 11) is 9.50. The van der Waals surface area contributed by atoms with Gasteiger partial charge in [-0.2, -0.15) is 0 Å². The van der Waals surface area contributed by atoms with Crippen molar-refractivity contribution >= 4 is 19.0 Å². The van der Waals surface area contributed by atoms with Gasteiger partial charge in [0.25, 0.3) is 0 Å². The van der Waals surface area contributed by atoms with Crippen molar-refractivity contribution in [3.8, 4) is 12.3 Å². The van der Waals surface area contributed by atoms with Crippen LogP contribution in [-0.4, -0.2) is 21.9 Å². The molecule has 1 aromatic rings. The van der Waals surface area contributed by atoms with Gasteiger partial charge in [0.15, 0.2) is 0 Å². The number of benzene rings is 1. The fourth-order valence-electron chi connectivity index (χ4n) is 1.04. The van der Waals surface area contributed by atoms with Gasteiger partial charge in [0.1, 0.15) is 7.85 Å². The Bertz CT molecular complexity index is 323. The second-order valence-electron chi connectivity index (χ2n) is 2.82. The number of anilines is 1. The third kappa shape index (κ3) is 1.62. The van der Waals surface area contributed by atoms with Crippen LogP contribution in [-0.2, 0) is 0 Å². The molecule has 2 heteroatoms. The summed E-state index contributed by atoms with van der Waals surface area (Å²) in [4.78, 5) is 1.95. The lowest BCUT2D eigenvalue weighted by molar-refractivity contribution is 1.13. The van der Waals surface area contributed by atoms with Gasteiger partial charge in [0.05, 0.1) is 5.69 Å². The number of rotatable bonds is 1. The van der Waals surface area contributed by atoms with Gasteiger partial charge in [0.2, 0.25) is 0 Å². The smallest absolute Gasteiger partial charge is 0.113 e. The molecule has 0 saturated heterocycles. The summed E-state index contributed by atoms with van der Waals surface area (Å²) in [5.74, 6) is 2.61. The van der Waals surface area contributed by atoms with Crippen LogP contribution in [0.4, 0.5) is 5.69 Å². The second-order valence-corrected chi connectivity index (χ2v) is 2.82. The van der Waals surface area contributed by atoms with Gasteiger partial charge in [-0.15, -0.1) is 6.42 Å². The number of terminal acetylenes is 1. The lowest BCUT2D eigenvalue weighted by Crippen LogP contribution is -2.14. The summed E-state index contributed by atoms with van der Waals surface area (Å²) >= 11 is 0. The van der Waals surface area contributed by atoms with Crippen LogP contribution in [0.1, 0.15) is 5.56 Å². The largest absolute Gasteiger partial charge is 0.377 e. The average Bonchev–Trinajstić information content (AvgIpc) is 2.04. The highest BCUT2D eigenvalue weighted by molar-refractivity contribution is 6.32. The van der Waals surface area contributed by atoms with Crippen molar-refractivity contribution in [3.05, 3.63) is 23.8 Å². The molecule has 0 fully saturated rings. The first kappa shape index (κ1) is 8.74. The Kier molecular flexibility index (Phi) is 2.45. The molecule has 0 N–H and O–H groups in total. The molecule has 1 aromatic carbocycles. The predicted molar refractivity (Wildman–Crippen MR) is 54.1 cm³/mol. The maximum Gasteiger partial charge on any atom is 0.113 e. The van der Waals surface area contributed by atoms with Crippen LogP contribution in [0.5, 0.6) is 0 Å². The standard InChI is InChI=1S/C10H10BN/c1-4-8-5-6-9(11)7-10(8)12(2)3/h1,5-7H,2-3H3. The monoisotopic (exact) mass is 155 g/mol. The number of nitrogens with zero attached hydrogens (tertiary/aromatic N) is 1. The minimum atomic E-state index is 0.734. The first-order valence-electron chi connectivity index (χ1n) is 3.68. The fourth-order valence-corrected chi connectivity index (χ4v) is 1.04. The van der Waals surface area contributed by atoms with Crippen molar-refractivity contribution in [2.24, 2.45) is 0 Å². The Balaban J connectivity index is 3.24. The molecule has 0 heterocycles. The van der Waals surface area contributed by atoms with Gasteiger partial charge in [-0.25, -0.2) is 0 Å². The van der Waals surface area contributed by atoms with E-state index in [0.717, 1.165) is 16.7 Å². The zero-order valence-electron chi connectivity index (χ0n) is 7.33. The van der Waals surface area contributed by atoms with E-state index in [2.05, 4.69) is 5.92 Å². The molecule has 0 aromatic heterocycles. The Labute approximate surface area is 74.8 Å². The Hall–Kier alpha value is -1.36. The molecule has 1 nitrogen and oxygen atoms in total. The summed E-state index contributed by atoms with van der Waals surface area (Å²) in [6.07, 6.45) is 5.32. The molecule has 0 aliphatic carbocycles. The van der Waals surface area contributed by atoms with Crippen molar-refractivity contribution < 1.29 is 0 Å². The Morgan fingerprint density at radius 2 is 2.08 bits per heavy atom. The van der Waals surface area contributed by atoms with Crippen molar-refractivity contribution in [2.75, 3.05) is 19.0 Å². The van der Waals surface area contributed by atoms with Crippen molar-refractivity contribution in [2.45, 2.75) is 0 Å². The van der Waals surface area contributed by atoms with Gasteiger partial charge in [-0.1, -0.05) is 17.4 Å². The summed E-state index contributed by atoms with van der Waals surface area (Å²) in [6.45, 7) is 0. The molecular formula is C10H10BN. The molecule has 0 unspecified atom stereocenters. The second kappa shape index (κ2) is 3.36. The van der Waals surface area contributed by atoms with Crippen molar-refractivity contribution in [3.63, 3.8) is 0 Å². The van der Waals surface area contributed by atoms with E-state index in [-0.39, 0.29) is 0 Å². The van der Waals surface area contributed by atoms with E-state index >= 15 is 0 Å². The van der Waals surface area contributed by atoms with E-state index in [1.165, 1.54) is 0 Å². The molecule has 0 aliphatic rings. The maximum atomic E-state index is 5.62. The van der Waals surface area contributed by atoms with Gasteiger partial charge in [-0.3, -0.25) is 0 Å². The highest BCUT2D eigenvalue weighted by Gasteiger charge is 2.00. The van der Waals surface area contributed by atoms with E-state index in [0.29, 0.717) is 0 Å². The van der Waals surface area contributed by atoms with Gasteiger partial charge >= 0.3 is 0 Å². The molecule has 0 amide bonds. The minimum absolute atomic E-state index is 0.734. The molecular weight excluding hydrogens is 145 g/mol. The average molecular weight is 155 g/mol. The van der Waals surface area contributed by atoms with Crippen LogP contribution in [0.3, 0.4) is 0 Å². The fraction of sp³-hybridized carbons (Fsp3) is 0.200. The first-order valence-corrected chi connectivity index (χ1v) is 3.68. The summed E-state index contributed by atoms with van der Waals surface area (Å²) in [6, 6.07) is 5.53. The zero-order valence-corrected chi connectivity index (χ0v) is 7.33. The highest BCUT2D eigenvalue weighted by Crippen LogP contribution is 2.14. The van der Waals surface area contributed by atoms with Crippen LogP contribution in [0.15, 0.2) is 18.2 Å². The van der Waals surface area contributed by atoms with Gasteiger partial charge in [-0.05, 0) is 12.1 Å². The van der Waals surface area contributed by atoms with Gasteiger partial charge < -0.3 is 4.90 Å². The first-order chi connectivity index (χ1) is 5.65. The summed E-state index contributed by atoms with van der Waals surface area (Å²) < 4.78 is 0. The molecule has 58 valence electrons. The summed E-state index contributed by atoms with van der Waals surface area (Å²) in [5.41, 5.74) is 2.59. The molecule has 12 heavy (non-hydrogen) atoms. The zero-order chi connectivity index (χ0) is 9.14. The number of hydrogen-bond acceptors (Lipinski definition) is 1. The highest BCUT2D eigenvalue weighted by atomic mass is 15.1. The third-order valence-corrected chi connectivity index (χ3v) is 1.66. The van der Waals surface area contributed by atoms with E-state index in [1.807, 2.05) is 37.2 Å². The van der Waals surface area contributed by atoms with E-state index in [9.17, 15) is 0 Å². The predicted octanol–water partition coefficient (Wildman–Crippen LogP) is 0.528. The lowest BCUT2D eigenvalue weighted by Gasteiger charge is -2.15. The van der Waals surface area contributed by atoms with Crippen LogP contribution in [0.2, 0.25) is 0 Å². The van der Waals surface area contributed by atoms with E-state index < -0.39 is 0 Å². The minimum Gasteiger partial charge on any atom is -0.377 e. The lowest BCUT2D eigenvalue weighted by atomic mass is 9.94. The van der Waals surface area contributed by atoms with Crippen LogP contribution >= 0.6 is 0 Å². The topological polar surface area (TPSA) is 3.24 Å². The summed E-state index contributed by atoms with van der Waals surface area (Å²) in [5, 5.41) is 0. The van der Waals surface area contributed by atoms with Crippen LogP contribution in [0, 0.1) is 12.3 Å². The molecule has 0 spiro atoms. The van der Waals surface area contributed by atoms with Crippen LogP contribution in [0.25, 0.3) is 0 Å². The van der Waals surface area contributed by atoms with Crippen molar-refractivity contribution in [1.29, 1.82) is 0 Å². The Morgan fingerprint density at radius 3 is 2.58 bits per heavy atom. The third-order valence-electron chi connectivity index (χ3n) is 1.66. The van der Waals surface area contributed by atoms with E-state index in [4.69, 9.17) is 14.3 Å². The maximum absolute atomic E-state index is 5.62. The molecule has 1 rings (SSSR count). The molecule has 0 atom stereocenters. The molecule has 0 bridgehead atoms. The molecule has 2 radical (unpaired) electrons.